The van der Waals surface area contributed by atoms with E-state index in [4.69, 9.17) is 0 Å². The van der Waals surface area contributed by atoms with Gasteiger partial charge in [-0.1, -0.05) is 212 Å². The summed E-state index contributed by atoms with van der Waals surface area (Å²) in [5, 5.41) is 0. The molecular weight excluding hydrogens is 569 g/mol. The maximum atomic E-state index is 2.53. The van der Waals surface area contributed by atoms with E-state index in [1.54, 1.807) is 0 Å². The molecule has 2 nitrogen and oxygen atoms in total. The number of aryl methyl sites for hydroxylation is 2. The van der Waals surface area contributed by atoms with E-state index in [9.17, 15) is 0 Å². The molecule has 2 aromatic rings. The molecule has 47 heavy (non-hydrogen) atoms. The quantitative estimate of drug-likeness (QED) is 0.0519. The lowest BCUT2D eigenvalue weighted by molar-refractivity contribution is -0.686. The molecule has 0 unspecified atom stereocenters. The Labute approximate surface area is 294 Å². The number of nitrogens with zero attached hydrogens (tertiary/aromatic N) is 2. The topological polar surface area (TPSA) is 8.81 Å². The molecule has 0 aliphatic heterocycles. The van der Waals surface area contributed by atoms with Gasteiger partial charge in [-0.15, -0.1) is 0 Å². The molecule has 0 atom stereocenters. The second-order valence-corrected chi connectivity index (χ2v) is 15.0. The largest absolute Gasteiger partial charge is 0.288 e. The number of unbranched alkanes of at least 4 members (excludes halogenated alkanes) is 30. The van der Waals surface area contributed by atoms with Gasteiger partial charge in [-0.2, -0.15) is 0 Å². The Bertz CT molecular complexity index is 900. The molecule has 0 bridgehead atoms. The van der Waals surface area contributed by atoms with Crippen molar-refractivity contribution in [2.45, 2.75) is 232 Å². The molecule has 1 aromatic carbocycles. The maximum Gasteiger partial charge on any atom is 0.288 e. The number of benzene rings is 1. The fourth-order valence-electron chi connectivity index (χ4n) is 7.41. The van der Waals surface area contributed by atoms with Gasteiger partial charge >= 0.3 is 0 Å². The Morgan fingerprint density at radius 3 is 1.13 bits per heavy atom. The molecule has 2 heteroatoms. The summed E-state index contributed by atoms with van der Waals surface area (Å²) in [6, 6.07) is 11.1. The Morgan fingerprint density at radius 1 is 0.404 bits per heavy atom. The molecule has 0 radical (unpaired) electrons. The molecule has 0 saturated heterocycles. The number of hydrogen-bond donors (Lipinski definition) is 0. The van der Waals surface area contributed by atoms with Gasteiger partial charge < -0.3 is 0 Å². The Hall–Kier alpha value is -1.57. The average molecular weight is 650 g/mol. The van der Waals surface area contributed by atoms with Gasteiger partial charge in [0.2, 0.25) is 0 Å². The molecule has 0 N–H and O–H groups in total. The van der Waals surface area contributed by atoms with Crippen LogP contribution >= 0.6 is 0 Å². The van der Waals surface area contributed by atoms with Gasteiger partial charge in [0, 0.05) is 0 Å². The minimum Gasteiger partial charge on any atom is -0.230 e. The van der Waals surface area contributed by atoms with Gasteiger partial charge in [-0.25, -0.2) is 9.13 Å². The smallest absolute Gasteiger partial charge is 0.230 e. The molecule has 1 heterocycles. The van der Waals surface area contributed by atoms with E-state index >= 15 is 0 Å². The van der Waals surface area contributed by atoms with E-state index < -0.39 is 0 Å². The van der Waals surface area contributed by atoms with Gasteiger partial charge in [0.25, 0.3) is 5.82 Å². The summed E-state index contributed by atoms with van der Waals surface area (Å²) in [5.74, 6) is 1.41. The highest BCUT2D eigenvalue weighted by atomic mass is 15.1. The zero-order valence-electron chi connectivity index (χ0n) is 32.0. The Balaban J connectivity index is 1.50. The first-order valence-electron chi connectivity index (χ1n) is 21.5. The fraction of sp³-hybridized carbons (Fsp3) is 0.800. The van der Waals surface area contributed by atoms with Crippen LogP contribution in [0.5, 0.6) is 0 Å². The predicted octanol–water partition coefficient (Wildman–Crippen LogP) is 15.0. The summed E-state index contributed by atoms with van der Waals surface area (Å²) in [6.07, 6.45) is 50.5. The van der Waals surface area contributed by atoms with Crippen molar-refractivity contribution in [2.75, 3.05) is 0 Å². The van der Waals surface area contributed by atoms with E-state index in [1.807, 2.05) is 0 Å². The minimum absolute atomic E-state index is 1.15. The summed E-state index contributed by atoms with van der Waals surface area (Å²) in [7, 11) is 0. The highest BCUT2D eigenvalue weighted by Crippen LogP contribution is 2.19. The Kier molecular flexibility index (Phi) is 28.0. The van der Waals surface area contributed by atoms with Gasteiger partial charge in [-0.05, 0) is 37.8 Å². The second kappa shape index (κ2) is 31.7. The average Bonchev–Trinajstić information content (AvgIpc) is 3.50. The lowest BCUT2D eigenvalue weighted by Gasteiger charge is -2.07. The SMILES string of the molecule is CCCCCCCCCCCCCCCCCCC[n+]1ccn(CCCCCCCCCCCCCCCCC)c1-c1ccccc1. The summed E-state index contributed by atoms with van der Waals surface area (Å²) in [4.78, 5) is 0. The number of aromatic nitrogens is 2. The zero-order valence-corrected chi connectivity index (χ0v) is 32.0. The molecule has 0 saturated carbocycles. The van der Waals surface area contributed by atoms with Crippen molar-refractivity contribution in [3.05, 3.63) is 42.7 Å². The molecule has 0 fully saturated rings. The van der Waals surface area contributed by atoms with E-state index in [1.165, 1.54) is 217 Å². The molecule has 0 aliphatic carbocycles. The second-order valence-electron chi connectivity index (χ2n) is 15.0. The first-order chi connectivity index (χ1) is 23.4. The standard InChI is InChI=1S/C45H81N2/c1-3-5-7-9-11-13-15-17-19-20-22-24-26-28-30-32-37-41-47-43-42-46(45(47)44-38-34-33-35-39-44)40-36-31-29-27-25-23-21-18-16-14-12-10-8-6-4-2/h33-35,38-39,42-43H,3-32,36-37,40-41H2,1-2H3/q+1. The molecule has 2 rings (SSSR count). The van der Waals surface area contributed by atoms with Gasteiger partial charge in [-0.3, -0.25) is 0 Å². The highest BCUT2D eigenvalue weighted by molar-refractivity contribution is 5.52. The molecule has 270 valence electrons. The van der Waals surface area contributed by atoms with Gasteiger partial charge in [0.15, 0.2) is 0 Å². The van der Waals surface area contributed by atoms with Crippen molar-refractivity contribution in [1.29, 1.82) is 0 Å². The third-order valence-corrected chi connectivity index (χ3v) is 10.5. The van der Waals surface area contributed by atoms with Crippen molar-refractivity contribution >= 4 is 0 Å². The summed E-state index contributed by atoms with van der Waals surface area (Å²) >= 11 is 0. The van der Waals surface area contributed by atoms with Crippen LogP contribution in [0.3, 0.4) is 0 Å². The van der Waals surface area contributed by atoms with Gasteiger partial charge in [0.1, 0.15) is 12.4 Å². The summed E-state index contributed by atoms with van der Waals surface area (Å²) in [6.45, 7) is 6.91. The molecular formula is C45H81N2+. The van der Waals surface area contributed by atoms with Crippen LogP contribution < -0.4 is 4.57 Å². The predicted molar refractivity (Wildman–Crippen MR) is 209 cm³/mol. The molecule has 1 aromatic heterocycles. The first kappa shape index (κ1) is 41.6. The zero-order chi connectivity index (χ0) is 33.3. The van der Waals surface area contributed by atoms with Crippen molar-refractivity contribution in [3.8, 4) is 11.4 Å². The van der Waals surface area contributed by atoms with Gasteiger partial charge in [0.05, 0.1) is 18.7 Å². The fourth-order valence-corrected chi connectivity index (χ4v) is 7.41. The number of imidazole rings is 1. The van der Waals surface area contributed by atoms with Crippen LogP contribution in [0.1, 0.15) is 219 Å². The maximum absolute atomic E-state index is 2.53. The summed E-state index contributed by atoms with van der Waals surface area (Å²) < 4.78 is 5.07. The van der Waals surface area contributed by atoms with Crippen molar-refractivity contribution in [1.82, 2.24) is 4.57 Å². The van der Waals surface area contributed by atoms with Crippen molar-refractivity contribution in [2.24, 2.45) is 0 Å². The normalized spacial score (nSPS) is 11.5. The third-order valence-electron chi connectivity index (χ3n) is 10.5. The van der Waals surface area contributed by atoms with E-state index in [0.29, 0.717) is 0 Å². The molecule has 0 spiro atoms. The minimum atomic E-state index is 1.15. The Morgan fingerprint density at radius 2 is 0.745 bits per heavy atom. The monoisotopic (exact) mass is 650 g/mol. The number of hydrogen-bond acceptors (Lipinski definition) is 0. The molecule has 0 amide bonds. The van der Waals surface area contributed by atoms with Crippen LogP contribution in [0, 0.1) is 0 Å². The first-order valence-corrected chi connectivity index (χ1v) is 21.5. The number of rotatable bonds is 35. The van der Waals surface area contributed by atoms with E-state index in [0.717, 1.165) is 13.1 Å². The van der Waals surface area contributed by atoms with E-state index in [-0.39, 0.29) is 0 Å². The lowest BCUT2D eigenvalue weighted by Crippen LogP contribution is -2.34. The molecule has 0 aliphatic rings. The van der Waals surface area contributed by atoms with Crippen LogP contribution in [0.25, 0.3) is 11.4 Å². The lowest BCUT2D eigenvalue weighted by atomic mass is 10.0. The van der Waals surface area contributed by atoms with E-state index in [2.05, 4.69) is 65.7 Å². The van der Waals surface area contributed by atoms with Crippen LogP contribution in [-0.4, -0.2) is 4.57 Å². The van der Waals surface area contributed by atoms with Crippen LogP contribution in [0.4, 0.5) is 0 Å². The van der Waals surface area contributed by atoms with Crippen LogP contribution in [-0.2, 0) is 13.1 Å². The van der Waals surface area contributed by atoms with Crippen LogP contribution in [0.2, 0.25) is 0 Å². The summed E-state index contributed by atoms with van der Waals surface area (Å²) in [5.41, 5.74) is 1.37. The highest BCUT2D eigenvalue weighted by Gasteiger charge is 2.18. The van der Waals surface area contributed by atoms with Crippen molar-refractivity contribution < 1.29 is 4.57 Å². The van der Waals surface area contributed by atoms with Crippen molar-refractivity contribution in [3.63, 3.8) is 0 Å². The third kappa shape index (κ3) is 22.6. The van der Waals surface area contributed by atoms with Crippen LogP contribution in [0.15, 0.2) is 42.7 Å².